The maximum atomic E-state index is 12.0. The average molecular weight is 261 g/mol. The number of aliphatic carboxylic acids is 1. The van der Waals surface area contributed by atoms with Gasteiger partial charge in [0.15, 0.2) is 0 Å². The van der Waals surface area contributed by atoms with Crippen LogP contribution in [0.4, 0.5) is 0 Å². The summed E-state index contributed by atoms with van der Waals surface area (Å²) in [5, 5.41) is 19.1. The lowest BCUT2D eigenvalue weighted by molar-refractivity contribution is -0.141. The Hall–Kier alpha value is -2.37. The highest BCUT2D eigenvalue weighted by molar-refractivity contribution is 5.98. The minimum atomic E-state index is -0.933. The molecule has 1 amide bonds. The molecule has 1 heterocycles. The summed E-state index contributed by atoms with van der Waals surface area (Å²) >= 11 is 0. The molecule has 0 aliphatic heterocycles. The second-order valence-corrected chi connectivity index (χ2v) is 4.56. The van der Waals surface area contributed by atoms with Crippen LogP contribution < -0.4 is 5.32 Å². The summed E-state index contributed by atoms with van der Waals surface area (Å²) in [6, 6.07) is 4.72. The molecule has 0 bridgehead atoms. The van der Waals surface area contributed by atoms with E-state index in [9.17, 15) is 9.59 Å². The van der Waals surface area contributed by atoms with Gasteiger partial charge in [0.05, 0.1) is 17.6 Å². The van der Waals surface area contributed by atoms with Crippen LogP contribution in [0, 0.1) is 5.92 Å². The van der Waals surface area contributed by atoms with Crippen LogP contribution in [0.3, 0.4) is 0 Å². The van der Waals surface area contributed by atoms with Crippen LogP contribution in [0.25, 0.3) is 10.9 Å². The molecule has 19 heavy (non-hydrogen) atoms. The zero-order chi connectivity index (χ0) is 14.0. The number of fused-ring (bicyclic) bond motifs is 1. The highest BCUT2D eigenvalue weighted by atomic mass is 16.4. The fourth-order valence-electron chi connectivity index (χ4n) is 1.71. The number of aromatic nitrogens is 2. The van der Waals surface area contributed by atoms with Crippen LogP contribution in [0.2, 0.25) is 0 Å². The van der Waals surface area contributed by atoms with E-state index in [4.69, 9.17) is 5.11 Å². The van der Waals surface area contributed by atoms with Crippen molar-refractivity contribution in [3.63, 3.8) is 0 Å². The van der Waals surface area contributed by atoms with Crippen LogP contribution in [0.5, 0.6) is 0 Å². The number of aromatic amines is 1. The number of amides is 1. The molecule has 0 spiro atoms. The number of hydrogen-bond acceptors (Lipinski definition) is 3. The van der Waals surface area contributed by atoms with Crippen molar-refractivity contribution in [2.24, 2.45) is 5.92 Å². The molecule has 2 rings (SSSR count). The molecule has 1 aromatic heterocycles. The van der Waals surface area contributed by atoms with E-state index in [0.717, 1.165) is 10.9 Å². The first-order valence-corrected chi connectivity index (χ1v) is 5.96. The van der Waals surface area contributed by atoms with Crippen molar-refractivity contribution >= 4 is 22.8 Å². The number of benzene rings is 1. The predicted octanol–water partition coefficient (Wildman–Crippen LogP) is 1.40. The third-order valence-corrected chi connectivity index (χ3v) is 3.20. The minimum Gasteiger partial charge on any atom is -0.481 e. The summed E-state index contributed by atoms with van der Waals surface area (Å²) < 4.78 is 0. The maximum absolute atomic E-state index is 12.0. The number of carboxylic acids is 1. The Morgan fingerprint density at radius 2 is 2.11 bits per heavy atom. The number of carbonyl (C=O) groups is 2. The number of nitrogens with one attached hydrogen (secondary N) is 2. The molecule has 2 atom stereocenters. The molecule has 0 aliphatic rings. The van der Waals surface area contributed by atoms with Gasteiger partial charge in [0, 0.05) is 17.0 Å². The number of carboxylic acid groups (broad SMARTS) is 1. The van der Waals surface area contributed by atoms with Gasteiger partial charge < -0.3 is 10.4 Å². The van der Waals surface area contributed by atoms with Crippen molar-refractivity contribution in [2.45, 2.75) is 19.9 Å². The second-order valence-electron chi connectivity index (χ2n) is 4.56. The van der Waals surface area contributed by atoms with Gasteiger partial charge >= 0.3 is 5.97 Å². The Kier molecular flexibility index (Phi) is 3.50. The number of rotatable bonds is 4. The van der Waals surface area contributed by atoms with Crippen LogP contribution >= 0.6 is 0 Å². The first kappa shape index (κ1) is 13.1. The summed E-state index contributed by atoms with van der Waals surface area (Å²) in [4.78, 5) is 22.8. The van der Waals surface area contributed by atoms with E-state index in [-0.39, 0.29) is 5.91 Å². The van der Waals surface area contributed by atoms with Crippen LogP contribution in [-0.4, -0.2) is 33.2 Å². The first-order chi connectivity index (χ1) is 8.99. The molecule has 1 aromatic carbocycles. The summed E-state index contributed by atoms with van der Waals surface area (Å²) in [5.41, 5.74) is 1.24. The normalized spacial score (nSPS) is 14.0. The summed E-state index contributed by atoms with van der Waals surface area (Å²) in [6.07, 6.45) is 1.67. The zero-order valence-electron chi connectivity index (χ0n) is 10.7. The third kappa shape index (κ3) is 2.73. The van der Waals surface area contributed by atoms with Gasteiger partial charge in [-0.25, -0.2) is 0 Å². The van der Waals surface area contributed by atoms with Crippen molar-refractivity contribution in [1.29, 1.82) is 0 Å². The molecule has 0 radical (unpaired) electrons. The van der Waals surface area contributed by atoms with Gasteiger partial charge in [-0.1, -0.05) is 6.07 Å². The van der Waals surface area contributed by atoms with Crippen LogP contribution in [0.1, 0.15) is 24.2 Å². The highest BCUT2D eigenvalue weighted by Crippen LogP contribution is 2.13. The van der Waals surface area contributed by atoms with Gasteiger partial charge in [0.1, 0.15) is 0 Å². The van der Waals surface area contributed by atoms with E-state index in [1.807, 2.05) is 0 Å². The molecule has 0 aliphatic carbocycles. The van der Waals surface area contributed by atoms with Gasteiger partial charge in [0.25, 0.3) is 5.91 Å². The van der Waals surface area contributed by atoms with Gasteiger partial charge in [-0.3, -0.25) is 14.7 Å². The quantitative estimate of drug-likeness (QED) is 0.775. The Labute approximate surface area is 109 Å². The number of H-pyrrole nitrogens is 1. The lowest BCUT2D eigenvalue weighted by atomic mass is 10.0. The lowest BCUT2D eigenvalue weighted by Crippen LogP contribution is -2.40. The molecule has 2 aromatic rings. The summed E-state index contributed by atoms with van der Waals surface area (Å²) in [6.45, 7) is 3.23. The molecule has 0 fully saturated rings. The average Bonchev–Trinajstić information content (AvgIpc) is 2.84. The van der Waals surface area contributed by atoms with Crippen LogP contribution in [0.15, 0.2) is 24.4 Å². The molecular formula is C13H15N3O3. The van der Waals surface area contributed by atoms with Crippen molar-refractivity contribution in [3.8, 4) is 0 Å². The van der Waals surface area contributed by atoms with E-state index >= 15 is 0 Å². The SMILES string of the molecule is CC(NC(=O)c1ccc2cn[nH]c2c1)C(C)C(=O)O. The first-order valence-electron chi connectivity index (χ1n) is 5.96. The van der Waals surface area contributed by atoms with E-state index in [0.29, 0.717) is 5.56 Å². The maximum Gasteiger partial charge on any atom is 0.308 e. The van der Waals surface area contributed by atoms with Crippen molar-refractivity contribution in [3.05, 3.63) is 30.0 Å². The van der Waals surface area contributed by atoms with Crippen LogP contribution in [-0.2, 0) is 4.79 Å². The smallest absolute Gasteiger partial charge is 0.308 e. The summed E-state index contributed by atoms with van der Waals surface area (Å²) in [5.74, 6) is -1.87. The van der Waals surface area contributed by atoms with E-state index in [1.54, 1.807) is 38.2 Å². The number of carbonyl (C=O) groups excluding carboxylic acids is 1. The topological polar surface area (TPSA) is 95.1 Å². The standard InChI is InChI=1S/C13H15N3O3/c1-7(13(18)19)8(2)15-12(17)9-3-4-10-6-14-16-11(10)5-9/h3-8H,1-2H3,(H,14,16)(H,15,17)(H,18,19). The molecular weight excluding hydrogens is 246 g/mol. The molecule has 6 nitrogen and oxygen atoms in total. The van der Waals surface area contributed by atoms with Gasteiger partial charge in [0.2, 0.25) is 0 Å². The fourth-order valence-corrected chi connectivity index (χ4v) is 1.71. The molecule has 3 N–H and O–H groups in total. The summed E-state index contributed by atoms with van der Waals surface area (Å²) in [7, 11) is 0. The third-order valence-electron chi connectivity index (χ3n) is 3.20. The monoisotopic (exact) mass is 261 g/mol. The predicted molar refractivity (Wildman–Crippen MR) is 69.8 cm³/mol. The lowest BCUT2D eigenvalue weighted by Gasteiger charge is -2.17. The van der Waals surface area contributed by atoms with Crippen molar-refractivity contribution in [2.75, 3.05) is 0 Å². The largest absolute Gasteiger partial charge is 0.481 e. The Morgan fingerprint density at radius 3 is 2.79 bits per heavy atom. The minimum absolute atomic E-state index is 0.294. The molecule has 6 heteroatoms. The van der Waals surface area contributed by atoms with E-state index in [1.165, 1.54) is 0 Å². The Balaban J connectivity index is 2.13. The number of nitrogens with zero attached hydrogens (tertiary/aromatic N) is 1. The molecule has 100 valence electrons. The van der Waals surface area contributed by atoms with Gasteiger partial charge in [-0.2, -0.15) is 5.10 Å². The molecule has 0 saturated carbocycles. The zero-order valence-corrected chi connectivity index (χ0v) is 10.7. The van der Waals surface area contributed by atoms with Crippen molar-refractivity contribution < 1.29 is 14.7 Å². The Morgan fingerprint density at radius 1 is 1.37 bits per heavy atom. The van der Waals surface area contributed by atoms with Gasteiger partial charge in [-0.15, -0.1) is 0 Å². The van der Waals surface area contributed by atoms with E-state index in [2.05, 4.69) is 15.5 Å². The van der Waals surface area contributed by atoms with E-state index < -0.39 is 17.9 Å². The Bertz CT molecular complexity index is 620. The highest BCUT2D eigenvalue weighted by Gasteiger charge is 2.21. The fraction of sp³-hybridized carbons (Fsp3) is 0.308. The number of hydrogen-bond donors (Lipinski definition) is 3. The molecule has 0 saturated heterocycles. The second kappa shape index (κ2) is 5.09. The van der Waals surface area contributed by atoms with Gasteiger partial charge in [-0.05, 0) is 26.0 Å². The van der Waals surface area contributed by atoms with Crippen molar-refractivity contribution in [1.82, 2.24) is 15.5 Å². The molecule has 2 unspecified atom stereocenters.